The number of halogens is 1. The van der Waals surface area contributed by atoms with Crippen LogP contribution in [-0.2, 0) is 6.54 Å². The van der Waals surface area contributed by atoms with Crippen LogP contribution >= 0.6 is 0 Å². The van der Waals surface area contributed by atoms with Crippen molar-refractivity contribution in [2.75, 3.05) is 26.6 Å². The maximum absolute atomic E-state index is 13.5. The van der Waals surface area contributed by atoms with Crippen molar-refractivity contribution >= 4 is 11.6 Å². The molecule has 0 aliphatic heterocycles. The average Bonchev–Trinajstić information content (AvgIpc) is 2.99. The Morgan fingerprint density at radius 1 is 1.07 bits per heavy atom. The Morgan fingerprint density at radius 3 is 2.43 bits per heavy atom. The molecule has 0 spiro atoms. The normalized spacial score (nSPS) is 10.6. The Kier molecular flexibility index (Phi) is 6.25. The van der Waals surface area contributed by atoms with Gasteiger partial charge in [-0.3, -0.25) is 9.48 Å². The maximum Gasteiger partial charge on any atom is 0.259 e. The van der Waals surface area contributed by atoms with Gasteiger partial charge in [0.05, 0.1) is 50.5 Å². The molecule has 1 heterocycles. The number of nitrogens with zero attached hydrogens (tertiary/aromatic N) is 2. The third-order valence-corrected chi connectivity index (χ3v) is 4.79. The predicted octanol–water partition coefficient (Wildman–Crippen LogP) is 3.97. The lowest BCUT2D eigenvalue weighted by Gasteiger charge is -2.15. The van der Waals surface area contributed by atoms with Gasteiger partial charge in [0.25, 0.3) is 5.91 Å². The molecule has 3 aromatic rings. The number of aryl methyl sites for hydroxylation is 1. The standard InChI is InChI=1S/C22H24FN3O4/c1-13-19(14(2)26(25-13)12-15-7-6-8-16(23)11-15)24-22(27)17-9-10-18(28-3)21(30-5)20(17)29-4/h6-11H,12H2,1-5H3,(H,24,27). The van der Waals surface area contributed by atoms with Crippen molar-refractivity contribution in [2.45, 2.75) is 20.4 Å². The number of hydrogen-bond donors (Lipinski definition) is 1. The van der Waals surface area contributed by atoms with Gasteiger partial charge in [-0.15, -0.1) is 0 Å². The predicted molar refractivity (Wildman–Crippen MR) is 111 cm³/mol. The van der Waals surface area contributed by atoms with Gasteiger partial charge in [0, 0.05) is 0 Å². The topological polar surface area (TPSA) is 74.6 Å². The van der Waals surface area contributed by atoms with E-state index in [1.165, 1.54) is 33.5 Å². The van der Waals surface area contributed by atoms with E-state index in [4.69, 9.17) is 14.2 Å². The molecule has 7 nitrogen and oxygen atoms in total. The van der Waals surface area contributed by atoms with Crippen LogP contribution in [0, 0.1) is 19.7 Å². The van der Waals surface area contributed by atoms with Crippen LogP contribution in [-0.4, -0.2) is 37.0 Å². The summed E-state index contributed by atoms with van der Waals surface area (Å²) in [5.74, 6) is 0.397. The van der Waals surface area contributed by atoms with Crippen molar-refractivity contribution < 1.29 is 23.4 Å². The largest absolute Gasteiger partial charge is 0.493 e. The molecule has 1 N–H and O–H groups in total. The molecule has 1 amide bonds. The Hall–Kier alpha value is -3.55. The highest BCUT2D eigenvalue weighted by Crippen LogP contribution is 2.40. The van der Waals surface area contributed by atoms with Crippen molar-refractivity contribution in [3.05, 3.63) is 64.7 Å². The number of benzene rings is 2. The fraction of sp³-hybridized carbons (Fsp3) is 0.273. The summed E-state index contributed by atoms with van der Waals surface area (Å²) < 4.78 is 31.2. The molecule has 158 valence electrons. The van der Waals surface area contributed by atoms with E-state index in [1.54, 1.807) is 29.8 Å². The number of aromatic nitrogens is 2. The van der Waals surface area contributed by atoms with Crippen LogP contribution in [0.5, 0.6) is 17.2 Å². The van der Waals surface area contributed by atoms with Crippen molar-refractivity contribution in [3.8, 4) is 17.2 Å². The number of methoxy groups -OCH3 is 3. The number of amides is 1. The van der Waals surface area contributed by atoms with Gasteiger partial charge in [-0.25, -0.2) is 4.39 Å². The molecule has 3 rings (SSSR count). The molecule has 2 aromatic carbocycles. The minimum absolute atomic E-state index is 0.275. The smallest absolute Gasteiger partial charge is 0.259 e. The van der Waals surface area contributed by atoms with Gasteiger partial charge < -0.3 is 19.5 Å². The molecule has 1 aromatic heterocycles. The molecule has 0 saturated heterocycles. The second kappa shape index (κ2) is 8.86. The Morgan fingerprint density at radius 2 is 1.80 bits per heavy atom. The maximum atomic E-state index is 13.5. The fourth-order valence-corrected chi connectivity index (χ4v) is 3.30. The molecule has 8 heteroatoms. The van der Waals surface area contributed by atoms with Crippen LogP contribution in [0.3, 0.4) is 0 Å². The van der Waals surface area contributed by atoms with Crippen molar-refractivity contribution in [2.24, 2.45) is 0 Å². The fourth-order valence-electron chi connectivity index (χ4n) is 3.30. The highest BCUT2D eigenvalue weighted by molar-refractivity contribution is 6.07. The number of hydrogen-bond acceptors (Lipinski definition) is 5. The summed E-state index contributed by atoms with van der Waals surface area (Å²) in [6.07, 6.45) is 0. The lowest BCUT2D eigenvalue weighted by atomic mass is 10.1. The Labute approximate surface area is 174 Å². The first-order chi connectivity index (χ1) is 14.4. The highest BCUT2D eigenvalue weighted by Gasteiger charge is 2.22. The average molecular weight is 413 g/mol. The quantitative estimate of drug-likeness (QED) is 0.635. The first-order valence-corrected chi connectivity index (χ1v) is 9.28. The minimum atomic E-state index is -0.371. The highest BCUT2D eigenvalue weighted by atomic mass is 19.1. The van der Waals surface area contributed by atoms with Crippen molar-refractivity contribution in [3.63, 3.8) is 0 Å². The summed E-state index contributed by atoms with van der Waals surface area (Å²) in [5, 5.41) is 7.39. The van der Waals surface area contributed by atoms with E-state index in [0.717, 1.165) is 11.3 Å². The number of carbonyl (C=O) groups excluding carboxylic acids is 1. The summed E-state index contributed by atoms with van der Waals surface area (Å²) >= 11 is 0. The summed E-state index contributed by atoms with van der Waals surface area (Å²) in [6.45, 7) is 4.04. The molecule has 30 heavy (non-hydrogen) atoms. The van der Waals surface area contributed by atoms with Crippen LogP contribution in [0.2, 0.25) is 0 Å². The van der Waals surface area contributed by atoms with E-state index in [2.05, 4.69) is 10.4 Å². The lowest BCUT2D eigenvalue weighted by Crippen LogP contribution is -2.15. The first-order valence-electron chi connectivity index (χ1n) is 9.28. The van der Waals surface area contributed by atoms with Crippen LogP contribution in [0.4, 0.5) is 10.1 Å². The zero-order chi connectivity index (χ0) is 21.8. The monoisotopic (exact) mass is 413 g/mol. The van der Waals surface area contributed by atoms with E-state index >= 15 is 0 Å². The third kappa shape index (κ3) is 4.07. The number of rotatable bonds is 7. The molecule has 0 bridgehead atoms. The molecule has 0 aliphatic rings. The van der Waals surface area contributed by atoms with E-state index in [1.807, 2.05) is 13.0 Å². The Balaban J connectivity index is 1.90. The van der Waals surface area contributed by atoms with E-state index in [9.17, 15) is 9.18 Å². The zero-order valence-corrected chi connectivity index (χ0v) is 17.6. The Bertz CT molecular complexity index is 1080. The third-order valence-electron chi connectivity index (χ3n) is 4.79. The number of anilines is 1. The molecule has 0 unspecified atom stereocenters. The molecular weight excluding hydrogens is 389 g/mol. The van der Waals surface area contributed by atoms with Gasteiger partial charge in [0.2, 0.25) is 5.75 Å². The van der Waals surface area contributed by atoms with Crippen molar-refractivity contribution in [1.29, 1.82) is 0 Å². The molecule has 0 saturated carbocycles. The van der Waals surface area contributed by atoms with Gasteiger partial charge in [-0.2, -0.15) is 5.10 Å². The van der Waals surface area contributed by atoms with E-state index in [-0.39, 0.29) is 17.5 Å². The molecular formula is C22H24FN3O4. The summed E-state index contributed by atoms with van der Waals surface area (Å²) in [4.78, 5) is 13.0. The van der Waals surface area contributed by atoms with Crippen LogP contribution in [0.1, 0.15) is 27.3 Å². The number of carbonyl (C=O) groups is 1. The van der Waals surface area contributed by atoms with E-state index < -0.39 is 0 Å². The minimum Gasteiger partial charge on any atom is -0.493 e. The lowest BCUT2D eigenvalue weighted by molar-refractivity contribution is 0.102. The summed E-state index contributed by atoms with van der Waals surface area (Å²) in [6, 6.07) is 9.59. The van der Waals surface area contributed by atoms with Gasteiger partial charge >= 0.3 is 0 Å². The molecule has 0 atom stereocenters. The van der Waals surface area contributed by atoms with Gasteiger partial charge in [0.1, 0.15) is 5.82 Å². The van der Waals surface area contributed by atoms with E-state index in [0.29, 0.717) is 35.0 Å². The van der Waals surface area contributed by atoms with Crippen LogP contribution in [0.15, 0.2) is 36.4 Å². The van der Waals surface area contributed by atoms with Gasteiger partial charge in [0.15, 0.2) is 11.5 Å². The molecule has 0 aliphatic carbocycles. The second-order valence-electron chi connectivity index (χ2n) is 6.67. The van der Waals surface area contributed by atoms with Crippen LogP contribution in [0.25, 0.3) is 0 Å². The summed E-state index contributed by atoms with van der Waals surface area (Å²) in [7, 11) is 4.45. The van der Waals surface area contributed by atoms with Crippen molar-refractivity contribution in [1.82, 2.24) is 9.78 Å². The molecule has 0 fully saturated rings. The second-order valence-corrected chi connectivity index (χ2v) is 6.67. The van der Waals surface area contributed by atoms with Gasteiger partial charge in [-0.1, -0.05) is 12.1 Å². The number of nitrogens with one attached hydrogen (secondary N) is 1. The SMILES string of the molecule is COc1ccc(C(=O)Nc2c(C)nn(Cc3cccc(F)c3)c2C)c(OC)c1OC. The van der Waals surface area contributed by atoms with Gasteiger partial charge in [-0.05, 0) is 43.7 Å². The molecule has 0 radical (unpaired) electrons. The first kappa shape index (κ1) is 21.2. The summed E-state index contributed by atoms with van der Waals surface area (Å²) in [5.41, 5.74) is 3.07. The van der Waals surface area contributed by atoms with Crippen LogP contribution < -0.4 is 19.5 Å². The zero-order valence-electron chi connectivity index (χ0n) is 17.6. The number of ether oxygens (including phenoxy) is 3.